The number of fused-ring (bicyclic) bond motifs is 1. The number of halogens is 1. The summed E-state index contributed by atoms with van der Waals surface area (Å²) in [5, 5.41) is 0.624. The number of benzene rings is 1. The lowest BCUT2D eigenvalue weighted by molar-refractivity contribution is -0.149. The highest BCUT2D eigenvalue weighted by molar-refractivity contribution is 6.35. The van der Waals surface area contributed by atoms with Crippen LogP contribution in [0.5, 0.6) is 0 Å². The Morgan fingerprint density at radius 3 is 2.74 bits per heavy atom. The van der Waals surface area contributed by atoms with Gasteiger partial charge in [-0.2, -0.15) is 0 Å². The lowest BCUT2D eigenvalue weighted by atomic mass is 9.92. The fourth-order valence-corrected chi connectivity index (χ4v) is 2.48. The molecule has 0 atom stereocenters. The molecule has 0 bridgehead atoms. The highest BCUT2D eigenvalue weighted by atomic mass is 35.5. The maximum absolute atomic E-state index is 12.1. The van der Waals surface area contributed by atoms with Crippen LogP contribution in [-0.2, 0) is 22.0 Å². The average molecular weight is 281 g/mol. The predicted molar refractivity (Wildman–Crippen MR) is 75.4 cm³/mol. The molecule has 0 amide bonds. The quantitative estimate of drug-likeness (QED) is 0.812. The number of ether oxygens (including phenoxy) is 1. The van der Waals surface area contributed by atoms with E-state index in [0.717, 1.165) is 11.0 Å². The Morgan fingerprint density at radius 1 is 1.47 bits per heavy atom. The Labute approximate surface area is 117 Å². The fourth-order valence-electron chi connectivity index (χ4n) is 2.18. The van der Waals surface area contributed by atoms with E-state index in [0.29, 0.717) is 17.5 Å². The van der Waals surface area contributed by atoms with Crippen LogP contribution in [0.25, 0.3) is 11.0 Å². The summed E-state index contributed by atoms with van der Waals surface area (Å²) in [4.78, 5) is 16.6. The smallest absolute Gasteiger partial charge is 0.319 e. The summed E-state index contributed by atoms with van der Waals surface area (Å²) in [6.45, 7) is 5.76. The molecular weight excluding hydrogens is 264 g/mol. The summed E-state index contributed by atoms with van der Waals surface area (Å²) < 4.78 is 6.97. The molecule has 0 aliphatic rings. The van der Waals surface area contributed by atoms with E-state index in [1.807, 2.05) is 29.8 Å². The van der Waals surface area contributed by atoms with Gasteiger partial charge in [-0.1, -0.05) is 17.7 Å². The third kappa shape index (κ3) is 2.21. The minimum absolute atomic E-state index is 0.287. The van der Waals surface area contributed by atoms with Gasteiger partial charge >= 0.3 is 5.97 Å². The second-order valence-electron chi connectivity index (χ2n) is 4.95. The van der Waals surface area contributed by atoms with Crippen LogP contribution in [-0.4, -0.2) is 22.1 Å². The first-order valence-electron chi connectivity index (χ1n) is 6.18. The van der Waals surface area contributed by atoms with E-state index in [4.69, 9.17) is 16.3 Å². The number of esters is 1. The van der Waals surface area contributed by atoms with Gasteiger partial charge in [0.2, 0.25) is 0 Å². The van der Waals surface area contributed by atoms with Crippen molar-refractivity contribution in [2.75, 3.05) is 6.61 Å². The largest absolute Gasteiger partial charge is 0.465 e. The fraction of sp³-hybridized carbons (Fsp3) is 0.429. The molecule has 0 saturated carbocycles. The van der Waals surface area contributed by atoms with Crippen LogP contribution in [0.15, 0.2) is 18.2 Å². The first-order chi connectivity index (χ1) is 8.89. The first kappa shape index (κ1) is 13.9. The molecular formula is C14H17ClN2O2. The van der Waals surface area contributed by atoms with Crippen molar-refractivity contribution in [1.29, 1.82) is 0 Å². The van der Waals surface area contributed by atoms with E-state index in [1.54, 1.807) is 20.8 Å². The number of aryl methyl sites for hydroxylation is 1. The van der Waals surface area contributed by atoms with Crippen LogP contribution in [0.1, 0.15) is 26.6 Å². The van der Waals surface area contributed by atoms with E-state index in [1.165, 1.54) is 0 Å². The van der Waals surface area contributed by atoms with Gasteiger partial charge in [0.25, 0.3) is 0 Å². The number of nitrogens with zero attached hydrogens (tertiary/aromatic N) is 2. The Bertz CT molecular complexity index is 632. The maximum Gasteiger partial charge on any atom is 0.319 e. The number of rotatable bonds is 3. The second-order valence-corrected chi connectivity index (χ2v) is 5.35. The standard InChI is InChI=1S/C14H17ClN2O2/c1-5-19-13(18)14(2,3)12-16-10-8-6-7-9(15)11(10)17(12)4/h6-8H,5H2,1-4H3. The number of carbonyl (C=O) groups is 1. The Hall–Kier alpha value is -1.55. The molecule has 0 saturated heterocycles. The molecule has 4 nitrogen and oxygen atoms in total. The second kappa shape index (κ2) is 4.85. The Balaban J connectivity index is 2.60. The Kier molecular flexibility index (Phi) is 3.54. The first-order valence-corrected chi connectivity index (χ1v) is 6.56. The van der Waals surface area contributed by atoms with Gasteiger partial charge in [0.15, 0.2) is 0 Å². The summed E-state index contributed by atoms with van der Waals surface area (Å²) in [5.74, 6) is 0.360. The summed E-state index contributed by atoms with van der Waals surface area (Å²) in [6.07, 6.45) is 0. The zero-order valence-electron chi connectivity index (χ0n) is 11.5. The van der Waals surface area contributed by atoms with Crippen molar-refractivity contribution in [3.05, 3.63) is 29.0 Å². The molecule has 19 heavy (non-hydrogen) atoms. The van der Waals surface area contributed by atoms with Crippen LogP contribution >= 0.6 is 11.6 Å². The van der Waals surface area contributed by atoms with Gasteiger partial charge in [0.05, 0.1) is 22.7 Å². The molecule has 5 heteroatoms. The Morgan fingerprint density at radius 2 is 2.16 bits per heavy atom. The van der Waals surface area contributed by atoms with Gasteiger partial charge in [-0.05, 0) is 32.9 Å². The molecule has 0 radical (unpaired) electrons. The van der Waals surface area contributed by atoms with Gasteiger partial charge in [-0.3, -0.25) is 4.79 Å². The van der Waals surface area contributed by atoms with Gasteiger partial charge in [-0.15, -0.1) is 0 Å². The molecule has 102 valence electrons. The summed E-state index contributed by atoms with van der Waals surface area (Å²) in [5.41, 5.74) is 0.798. The van der Waals surface area contributed by atoms with Crippen LogP contribution in [0.2, 0.25) is 5.02 Å². The molecule has 0 aliphatic heterocycles. The topological polar surface area (TPSA) is 44.1 Å². The normalized spacial score (nSPS) is 11.8. The molecule has 1 heterocycles. The van der Waals surface area contributed by atoms with E-state index in [2.05, 4.69) is 4.98 Å². The molecule has 0 aliphatic carbocycles. The number of imidazole rings is 1. The average Bonchev–Trinajstić information content (AvgIpc) is 2.69. The lowest BCUT2D eigenvalue weighted by Gasteiger charge is -2.21. The van der Waals surface area contributed by atoms with Crippen molar-refractivity contribution < 1.29 is 9.53 Å². The highest BCUT2D eigenvalue weighted by Crippen LogP contribution is 2.30. The van der Waals surface area contributed by atoms with Crippen LogP contribution in [0, 0.1) is 0 Å². The minimum atomic E-state index is -0.812. The number of carbonyl (C=O) groups excluding carboxylic acids is 1. The molecule has 0 unspecified atom stereocenters. The molecule has 1 aromatic carbocycles. The van der Waals surface area contributed by atoms with E-state index in [9.17, 15) is 4.79 Å². The summed E-state index contributed by atoms with van der Waals surface area (Å²) >= 11 is 6.19. The van der Waals surface area contributed by atoms with Crippen molar-refractivity contribution in [2.24, 2.45) is 7.05 Å². The highest BCUT2D eigenvalue weighted by Gasteiger charge is 2.36. The zero-order chi connectivity index (χ0) is 14.2. The van der Waals surface area contributed by atoms with Gasteiger partial charge < -0.3 is 9.30 Å². The minimum Gasteiger partial charge on any atom is -0.465 e. The van der Waals surface area contributed by atoms with Gasteiger partial charge in [0, 0.05) is 7.05 Å². The SMILES string of the molecule is CCOC(=O)C(C)(C)c1nc2cccc(Cl)c2n1C. The third-order valence-corrected chi connectivity index (χ3v) is 3.49. The van der Waals surface area contributed by atoms with E-state index >= 15 is 0 Å². The maximum atomic E-state index is 12.1. The number of hydrogen-bond acceptors (Lipinski definition) is 3. The summed E-state index contributed by atoms with van der Waals surface area (Å²) in [7, 11) is 1.86. The van der Waals surface area contributed by atoms with Gasteiger partial charge in [0.1, 0.15) is 11.2 Å². The molecule has 0 fully saturated rings. The van der Waals surface area contributed by atoms with Gasteiger partial charge in [-0.25, -0.2) is 4.98 Å². The van der Waals surface area contributed by atoms with Crippen molar-refractivity contribution in [3.8, 4) is 0 Å². The zero-order valence-corrected chi connectivity index (χ0v) is 12.3. The molecule has 2 rings (SSSR count). The molecule has 2 aromatic rings. The number of aromatic nitrogens is 2. The number of para-hydroxylation sites is 1. The van der Waals surface area contributed by atoms with Crippen molar-refractivity contribution in [1.82, 2.24) is 9.55 Å². The van der Waals surface area contributed by atoms with Crippen molar-refractivity contribution >= 4 is 28.6 Å². The third-order valence-electron chi connectivity index (χ3n) is 3.19. The predicted octanol–water partition coefficient (Wildman–Crippen LogP) is 3.07. The molecule has 0 N–H and O–H groups in total. The number of hydrogen-bond donors (Lipinski definition) is 0. The van der Waals surface area contributed by atoms with E-state index in [-0.39, 0.29) is 5.97 Å². The molecule has 1 aromatic heterocycles. The molecule has 0 spiro atoms. The lowest BCUT2D eigenvalue weighted by Crippen LogP contribution is -2.33. The van der Waals surface area contributed by atoms with Crippen LogP contribution in [0.3, 0.4) is 0 Å². The van der Waals surface area contributed by atoms with Crippen LogP contribution < -0.4 is 0 Å². The van der Waals surface area contributed by atoms with Crippen molar-refractivity contribution in [3.63, 3.8) is 0 Å². The van der Waals surface area contributed by atoms with Crippen molar-refractivity contribution in [2.45, 2.75) is 26.2 Å². The summed E-state index contributed by atoms with van der Waals surface area (Å²) in [6, 6.07) is 5.54. The van der Waals surface area contributed by atoms with E-state index < -0.39 is 5.41 Å². The monoisotopic (exact) mass is 280 g/mol. The van der Waals surface area contributed by atoms with Crippen LogP contribution in [0.4, 0.5) is 0 Å².